The van der Waals surface area contributed by atoms with Crippen LogP contribution >= 0.6 is 0 Å². The third kappa shape index (κ3) is 3.57. The summed E-state index contributed by atoms with van der Waals surface area (Å²) in [6, 6.07) is 7.30. The summed E-state index contributed by atoms with van der Waals surface area (Å²) >= 11 is 0. The summed E-state index contributed by atoms with van der Waals surface area (Å²) in [5.41, 5.74) is 1.17. The molecule has 0 spiro atoms. The largest absolute Gasteiger partial charge is 0.243 e. The molecule has 1 aliphatic carbocycles. The van der Waals surface area contributed by atoms with Gasteiger partial charge in [0, 0.05) is 13.1 Å². The fourth-order valence-corrected chi connectivity index (χ4v) is 3.80. The second kappa shape index (κ2) is 6.06. The normalized spacial score (nSPS) is 15.9. The number of benzene rings is 1. The van der Waals surface area contributed by atoms with Crippen LogP contribution in [0.25, 0.3) is 0 Å². The highest BCUT2D eigenvalue weighted by Gasteiger charge is 2.30. The SMILES string of the molecule is CCCN(CC1CC1)S(=O)(=O)c1ccc(CC)cc1. The maximum absolute atomic E-state index is 12.6. The summed E-state index contributed by atoms with van der Waals surface area (Å²) in [6.45, 7) is 5.40. The number of rotatable bonds is 7. The van der Waals surface area contributed by atoms with E-state index in [1.165, 1.54) is 18.4 Å². The zero-order chi connectivity index (χ0) is 13.9. The van der Waals surface area contributed by atoms with Crippen molar-refractivity contribution in [2.75, 3.05) is 13.1 Å². The smallest absolute Gasteiger partial charge is 0.207 e. The molecule has 1 aliphatic rings. The fourth-order valence-electron chi connectivity index (χ4n) is 2.19. The Morgan fingerprint density at radius 3 is 2.26 bits per heavy atom. The minimum absolute atomic E-state index is 0.429. The summed E-state index contributed by atoms with van der Waals surface area (Å²) in [4.78, 5) is 0.429. The van der Waals surface area contributed by atoms with Gasteiger partial charge in [-0.25, -0.2) is 8.42 Å². The minimum Gasteiger partial charge on any atom is -0.207 e. The van der Waals surface area contributed by atoms with Crippen molar-refractivity contribution < 1.29 is 8.42 Å². The molecule has 4 heteroatoms. The molecule has 0 N–H and O–H groups in total. The molecule has 3 nitrogen and oxygen atoms in total. The lowest BCUT2D eigenvalue weighted by atomic mass is 10.2. The van der Waals surface area contributed by atoms with E-state index < -0.39 is 10.0 Å². The summed E-state index contributed by atoms with van der Waals surface area (Å²) in [7, 11) is -3.31. The predicted molar refractivity (Wildman–Crippen MR) is 77.6 cm³/mol. The molecule has 0 amide bonds. The first-order valence-electron chi connectivity index (χ1n) is 7.17. The van der Waals surface area contributed by atoms with E-state index in [1.807, 2.05) is 19.1 Å². The van der Waals surface area contributed by atoms with E-state index in [9.17, 15) is 8.42 Å². The maximum atomic E-state index is 12.6. The molecule has 106 valence electrons. The van der Waals surface area contributed by atoms with Crippen molar-refractivity contribution in [2.24, 2.45) is 5.92 Å². The van der Waals surface area contributed by atoms with Crippen LogP contribution in [-0.4, -0.2) is 25.8 Å². The van der Waals surface area contributed by atoms with Gasteiger partial charge in [-0.15, -0.1) is 0 Å². The van der Waals surface area contributed by atoms with E-state index in [1.54, 1.807) is 16.4 Å². The molecule has 1 aromatic carbocycles. The van der Waals surface area contributed by atoms with Gasteiger partial charge in [0.1, 0.15) is 0 Å². The summed E-state index contributed by atoms with van der Waals surface area (Å²) < 4.78 is 26.9. The number of hydrogen-bond acceptors (Lipinski definition) is 2. The standard InChI is InChI=1S/C15H23NO2S/c1-3-11-16(12-14-5-6-14)19(17,18)15-9-7-13(4-2)8-10-15/h7-10,14H,3-6,11-12H2,1-2H3. The average Bonchev–Trinajstić information content (AvgIpc) is 3.22. The minimum atomic E-state index is -3.31. The van der Waals surface area contributed by atoms with E-state index >= 15 is 0 Å². The Labute approximate surface area is 116 Å². The van der Waals surface area contributed by atoms with Gasteiger partial charge in [-0.05, 0) is 49.3 Å². The second-order valence-corrected chi connectivity index (χ2v) is 7.24. The third-order valence-electron chi connectivity index (χ3n) is 3.60. The maximum Gasteiger partial charge on any atom is 0.243 e. The average molecular weight is 281 g/mol. The molecule has 0 atom stereocenters. The number of sulfonamides is 1. The molecule has 0 aliphatic heterocycles. The zero-order valence-electron chi connectivity index (χ0n) is 11.8. The second-order valence-electron chi connectivity index (χ2n) is 5.30. The van der Waals surface area contributed by atoms with Crippen LogP contribution in [0.4, 0.5) is 0 Å². The number of aryl methyl sites for hydroxylation is 1. The number of nitrogens with zero attached hydrogens (tertiary/aromatic N) is 1. The molecule has 1 fully saturated rings. The monoisotopic (exact) mass is 281 g/mol. The lowest BCUT2D eigenvalue weighted by Gasteiger charge is -2.21. The Kier molecular flexibility index (Phi) is 4.63. The van der Waals surface area contributed by atoms with E-state index in [2.05, 4.69) is 6.92 Å². The van der Waals surface area contributed by atoms with Gasteiger partial charge in [-0.3, -0.25) is 0 Å². The molecular weight excluding hydrogens is 258 g/mol. The first kappa shape index (κ1) is 14.5. The van der Waals surface area contributed by atoms with E-state index in [4.69, 9.17) is 0 Å². The molecule has 0 aromatic heterocycles. The van der Waals surface area contributed by atoms with Crippen LogP contribution in [0, 0.1) is 5.92 Å². The Bertz CT molecular complexity index is 503. The molecule has 0 unspecified atom stereocenters. The van der Waals surface area contributed by atoms with Crippen LogP contribution in [0.15, 0.2) is 29.2 Å². The van der Waals surface area contributed by atoms with E-state index in [0.717, 1.165) is 12.8 Å². The van der Waals surface area contributed by atoms with Gasteiger partial charge in [0.25, 0.3) is 0 Å². The van der Waals surface area contributed by atoms with Crippen LogP contribution in [0.5, 0.6) is 0 Å². The van der Waals surface area contributed by atoms with Crippen molar-refractivity contribution in [3.05, 3.63) is 29.8 Å². The highest BCUT2D eigenvalue weighted by atomic mass is 32.2. The van der Waals surface area contributed by atoms with Gasteiger partial charge in [0.15, 0.2) is 0 Å². The van der Waals surface area contributed by atoms with Crippen LogP contribution in [0.3, 0.4) is 0 Å². The Morgan fingerprint density at radius 2 is 1.79 bits per heavy atom. The molecular formula is C15H23NO2S. The predicted octanol–water partition coefficient (Wildman–Crippen LogP) is 3.06. The van der Waals surface area contributed by atoms with Crippen molar-refractivity contribution in [1.29, 1.82) is 0 Å². The molecule has 0 radical (unpaired) electrons. The Morgan fingerprint density at radius 1 is 1.16 bits per heavy atom. The van der Waals surface area contributed by atoms with Gasteiger partial charge in [0.05, 0.1) is 4.90 Å². The summed E-state index contributed by atoms with van der Waals surface area (Å²) in [6.07, 6.45) is 4.13. The van der Waals surface area contributed by atoms with E-state index in [0.29, 0.717) is 23.9 Å². The van der Waals surface area contributed by atoms with Crippen LogP contribution in [0.2, 0.25) is 0 Å². The zero-order valence-corrected chi connectivity index (χ0v) is 12.6. The van der Waals surface area contributed by atoms with Crippen LogP contribution in [0.1, 0.15) is 38.7 Å². The highest BCUT2D eigenvalue weighted by molar-refractivity contribution is 7.89. The highest BCUT2D eigenvalue weighted by Crippen LogP contribution is 2.31. The third-order valence-corrected chi connectivity index (χ3v) is 5.48. The van der Waals surface area contributed by atoms with Crippen LogP contribution in [-0.2, 0) is 16.4 Å². The first-order valence-corrected chi connectivity index (χ1v) is 8.61. The Hall–Kier alpha value is -0.870. The van der Waals surface area contributed by atoms with Gasteiger partial charge >= 0.3 is 0 Å². The molecule has 1 saturated carbocycles. The van der Waals surface area contributed by atoms with Crippen molar-refractivity contribution in [1.82, 2.24) is 4.31 Å². The number of hydrogen-bond donors (Lipinski definition) is 0. The van der Waals surface area contributed by atoms with Gasteiger partial charge in [0.2, 0.25) is 10.0 Å². The summed E-state index contributed by atoms with van der Waals surface area (Å²) in [5, 5.41) is 0. The molecule has 0 heterocycles. The van der Waals surface area contributed by atoms with Crippen molar-refractivity contribution >= 4 is 10.0 Å². The van der Waals surface area contributed by atoms with Gasteiger partial charge in [-0.1, -0.05) is 26.0 Å². The first-order chi connectivity index (χ1) is 9.07. The van der Waals surface area contributed by atoms with E-state index in [-0.39, 0.29) is 0 Å². The van der Waals surface area contributed by atoms with Crippen LogP contribution < -0.4 is 0 Å². The van der Waals surface area contributed by atoms with Crippen molar-refractivity contribution in [3.8, 4) is 0 Å². The van der Waals surface area contributed by atoms with Crippen molar-refractivity contribution in [3.63, 3.8) is 0 Å². The van der Waals surface area contributed by atoms with Gasteiger partial charge in [-0.2, -0.15) is 4.31 Å². The molecule has 1 aromatic rings. The lowest BCUT2D eigenvalue weighted by Crippen LogP contribution is -2.33. The fraction of sp³-hybridized carbons (Fsp3) is 0.600. The topological polar surface area (TPSA) is 37.4 Å². The molecule has 0 bridgehead atoms. The quantitative estimate of drug-likeness (QED) is 0.770. The van der Waals surface area contributed by atoms with Gasteiger partial charge < -0.3 is 0 Å². The summed E-state index contributed by atoms with van der Waals surface area (Å²) in [5.74, 6) is 0.580. The lowest BCUT2D eigenvalue weighted by molar-refractivity contribution is 0.395. The molecule has 2 rings (SSSR count). The molecule has 19 heavy (non-hydrogen) atoms. The molecule has 0 saturated heterocycles. The van der Waals surface area contributed by atoms with Crippen molar-refractivity contribution in [2.45, 2.75) is 44.4 Å². The Balaban J connectivity index is 2.20.